The van der Waals surface area contributed by atoms with Crippen LogP contribution in [0.3, 0.4) is 0 Å². The molecule has 86 valence electrons. The number of aromatic nitrogens is 1. The van der Waals surface area contributed by atoms with E-state index in [9.17, 15) is 0 Å². The molecule has 2 heterocycles. The normalized spacial score (nSPS) is 26.5. The van der Waals surface area contributed by atoms with E-state index in [-0.39, 0.29) is 5.15 Å². The van der Waals surface area contributed by atoms with Crippen LogP contribution in [0.15, 0.2) is 18.3 Å². The third kappa shape index (κ3) is 1.84. The van der Waals surface area contributed by atoms with E-state index in [1.54, 1.807) is 6.20 Å². The van der Waals surface area contributed by atoms with Crippen LogP contribution < -0.4 is 5.32 Å². The van der Waals surface area contributed by atoms with Crippen LogP contribution in [0.4, 0.5) is 0 Å². The summed E-state index contributed by atoms with van der Waals surface area (Å²) in [5.41, 5.74) is 2.81. The van der Waals surface area contributed by atoms with Crippen molar-refractivity contribution < 1.29 is 0 Å². The SMILES string of the molecule is N#Cc1cc(C2=C[C@@H]3CNC[C@@H]3C2)cnc1Cl. The van der Waals surface area contributed by atoms with Gasteiger partial charge in [0.25, 0.3) is 0 Å². The van der Waals surface area contributed by atoms with Gasteiger partial charge in [0.15, 0.2) is 0 Å². The Balaban J connectivity index is 1.93. The summed E-state index contributed by atoms with van der Waals surface area (Å²) >= 11 is 5.84. The molecule has 1 fully saturated rings. The molecule has 1 aliphatic carbocycles. The van der Waals surface area contributed by atoms with Crippen molar-refractivity contribution in [2.24, 2.45) is 11.8 Å². The molecule has 1 aromatic rings. The van der Waals surface area contributed by atoms with Gasteiger partial charge in [-0.25, -0.2) is 4.98 Å². The van der Waals surface area contributed by atoms with E-state index in [4.69, 9.17) is 16.9 Å². The van der Waals surface area contributed by atoms with Gasteiger partial charge in [0.05, 0.1) is 5.56 Å². The van der Waals surface area contributed by atoms with Crippen molar-refractivity contribution >= 4 is 17.2 Å². The van der Waals surface area contributed by atoms with Gasteiger partial charge in [-0.2, -0.15) is 5.26 Å². The second-order valence-corrected chi connectivity index (χ2v) is 5.01. The highest BCUT2D eigenvalue weighted by atomic mass is 35.5. The standard InChI is InChI=1S/C13H12ClN3/c14-13-9(4-15)3-12(7-17-13)8-1-10-5-16-6-11(10)2-8/h1,3,7,10-11,16H,2,5-6H2/t10-,11+/m1/s1. The predicted molar refractivity (Wildman–Crippen MR) is 66.4 cm³/mol. The van der Waals surface area contributed by atoms with E-state index in [0.717, 1.165) is 25.1 Å². The van der Waals surface area contributed by atoms with Gasteiger partial charge in [0, 0.05) is 12.7 Å². The van der Waals surface area contributed by atoms with Crippen LogP contribution in [-0.2, 0) is 0 Å². The molecule has 1 N–H and O–H groups in total. The van der Waals surface area contributed by atoms with Gasteiger partial charge in [-0.3, -0.25) is 0 Å². The van der Waals surface area contributed by atoms with Crippen LogP contribution >= 0.6 is 11.6 Å². The molecule has 0 bridgehead atoms. The lowest BCUT2D eigenvalue weighted by atomic mass is 9.98. The number of fused-ring (bicyclic) bond motifs is 1. The summed E-state index contributed by atoms with van der Waals surface area (Å²) in [6, 6.07) is 3.92. The summed E-state index contributed by atoms with van der Waals surface area (Å²) in [6.07, 6.45) is 5.16. The minimum atomic E-state index is 0.289. The zero-order chi connectivity index (χ0) is 11.8. The third-order valence-corrected chi connectivity index (χ3v) is 3.92. The van der Waals surface area contributed by atoms with Crippen molar-refractivity contribution in [3.05, 3.63) is 34.6 Å². The lowest BCUT2D eigenvalue weighted by Crippen LogP contribution is -2.09. The van der Waals surface area contributed by atoms with E-state index >= 15 is 0 Å². The molecule has 0 saturated carbocycles. The number of pyridine rings is 1. The quantitative estimate of drug-likeness (QED) is 0.772. The summed E-state index contributed by atoms with van der Waals surface area (Å²) in [7, 11) is 0. The summed E-state index contributed by atoms with van der Waals surface area (Å²) in [4.78, 5) is 4.07. The first kappa shape index (κ1) is 10.8. The number of hydrogen-bond acceptors (Lipinski definition) is 3. The maximum absolute atomic E-state index is 8.94. The van der Waals surface area contributed by atoms with E-state index in [0.29, 0.717) is 17.4 Å². The molecule has 0 spiro atoms. The number of nitrogens with zero attached hydrogens (tertiary/aromatic N) is 2. The number of rotatable bonds is 1. The first-order valence-electron chi connectivity index (χ1n) is 5.75. The molecular weight excluding hydrogens is 234 g/mol. The molecule has 1 aliphatic heterocycles. The van der Waals surface area contributed by atoms with Crippen molar-refractivity contribution in [3.8, 4) is 6.07 Å². The lowest BCUT2D eigenvalue weighted by Gasteiger charge is -2.06. The van der Waals surface area contributed by atoms with Gasteiger partial charge in [-0.1, -0.05) is 17.7 Å². The van der Waals surface area contributed by atoms with Gasteiger partial charge in [-0.15, -0.1) is 0 Å². The van der Waals surface area contributed by atoms with Crippen LogP contribution in [0.1, 0.15) is 17.5 Å². The fraction of sp³-hybridized carbons (Fsp3) is 0.385. The largest absolute Gasteiger partial charge is 0.316 e. The fourth-order valence-corrected chi connectivity index (χ4v) is 2.84. The minimum Gasteiger partial charge on any atom is -0.316 e. The smallest absolute Gasteiger partial charge is 0.146 e. The lowest BCUT2D eigenvalue weighted by molar-refractivity contribution is 0.536. The van der Waals surface area contributed by atoms with E-state index in [1.165, 1.54) is 5.57 Å². The van der Waals surface area contributed by atoms with Crippen molar-refractivity contribution in [1.29, 1.82) is 5.26 Å². The Labute approximate surface area is 105 Å². The molecule has 17 heavy (non-hydrogen) atoms. The molecule has 3 rings (SSSR count). The van der Waals surface area contributed by atoms with Gasteiger partial charge in [0.1, 0.15) is 11.2 Å². The molecule has 0 amide bonds. The monoisotopic (exact) mass is 245 g/mol. The summed E-state index contributed by atoms with van der Waals surface area (Å²) < 4.78 is 0. The molecule has 2 aliphatic rings. The highest BCUT2D eigenvalue weighted by Gasteiger charge is 2.31. The van der Waals surface area contributed by atoms with Gasteiger partial charge in [-0.05, 0) is 42.0 Å². The second kappa shape index (κ2) is 4.14. The van der Waals surface area contributed by atoms with E-state index in [1.807, 2.05) is 6.07 Å². The fourth-order valence-electron chi connectivity index (χ4n) is 2.70. The average molecular weight is 246 g/mol. The molecular formula is C13H12ClN3. The Kier molecular flexibility index (Phi) is 2.62. The Morgan fingerprint density at radius 2 is 2.35 bits per heavy atom. The molecule has 0 radical (unpaired) electrons. The number of allylic oxidation sites excluding steroid dienone is 1. The number of hydrogen-bond donors (Lipinski definition) is 1. The Hall–Kier alpha value is -1.37. The van der Waals surface area contributed by atoms with Crippen LogP contribution in [0.5, 0.6) is 0 Å². The maximum atomic E-state index is 8.94. The summed E-state index contributed by atoms with van der Waals surface area (Å²) in [5.74, 6) is 1.36. The topological polar surface area (TPSA) is 48.7 Å². The molecule has 1 aromatic heterocycles. The van der Waals surface area contributed by atoms with Gasteiger partial charge < -0.3 is 5.32 Å². The Morgan fingerprint density at radius 1 is 1.47 bits per heavy atom. The first-order valence-corrected chi connectivity index (χ1v) is 6.13. The number of nitrogens with one attached hydrogen (secondary N) is 1. The average Bonchev–Trinajstić information content (AvgIpc) is 2.90. The minimum absolute atomic E-state index is 0.289. The molecule has 2 atom stereocenters. The zero-order valence-electron chi connectivity index (χ0n) is 9.28. The predicted octanol–water partition coefficient (Wildman–Crippen LogP) is 2.23. The Bertz CT molecular complexity index is 530. The van der Waals surface area contributed by atoms with E-state index in [2.05, 4.69) is 22.4 Å². The molecule has 4 heteroatoms. The van der Waals surface area contributed by atoms with Crippen LogP contribution in [-0.4, -0.2) is 18.1 Å². The molecule has 1 saturated heterocycles. The summed E-state index contributed by atoms with van der Waals surface area (Å²) in [5, 5.41) is 12.6. The Morgan fingerprint density at radius 3 is 3.12 bits per heavy atom. The third-order valence-electron chi connectivity index (χ3n) is 3.62. The number of nitriles is 1. The highest BCUT2D eigenvalue weighted by Crippen LogP contribution is 2.38. The van der Waals surface area contributed by atoms with E-state index < -0.39 is 0 Å². The molecule has 0 aromatic carbocycles. The second-order valence-electron chi connectivity index (χ2n) is 4.65. The van der Waals surface area contributed by atoms with Crippen LogP contribution in [0.25, 0.3) is 5.57 Å². The highest BCUT2D eigenvalue weighted by molar-refractivity contribution is 6.30. The van der Waals surface area contributed by atoms with Crippen molar-refractivity contribution in [3.63, 3.8) is 0 Å². The van der Waals surface area contributed by atoms with Crippen molar-refractivity contribution in [1.82, 2.24) is 10.3 Å². The van der Waals surface area contributed by atoms with Crippen molar-refractivity contribution in [2.75, 3.05) is 13.1 Å². The van der Waals surface area contributed by atoms with Crippen LogP contribution in [0.2, 0.25) is 5.15 Å². The van der Waals surface area contributed by atoms with Crippen molar-refractivity contribution in [2.45, 2.75) is 6.42 Å². The molecule has 0 unspecified atom stereocenters. The first-order chi connectivity index (χ1) is 8.28. The number of halogens is 1. The van der Waals surface area contributed by atoms with Gasteiger partial charge in [0.2, 0.25) is 0 Å². The maximum Gasteiger partial charge on any atom is 0.146 e. The van der Waals surface area contributed by atoms with Gasteiger partial charge >= 0.3 is 0 Å². The molecule has 3 nitrogen and oxygen atoms in total. The van der Waals surface area contributed by atoms with Crippen LogP contribution in [0, 0.1) is 23.2 Å². The zero-order valence-corrected chi connectivity index (χ0v) is 10.0. The summed E-state index contributed by atoms with van der Waals surface area (Å²) in [6.45, 7) is 2.16.